The van der Waals surface area contributed by atoms with E-state index in [-0.39, 0.29) is 38.0 Å². The number of likely N-dealkylation sites (tertiary alicyclic amines) is 1. The Morgan fingerprint density at radius 1 is 1.09 bits per heavy atom. The molecule has 1 saturated heterocycles. The van der Waals surface area contributed by atoms with Crippen molar-refractivity contribution in [1.29, 1.82) is 0 Å². The van der Waals surface area contributed by atoms with E-state index >= 15 is 8.78 Å². The van der Waals surface area contributed by atoms with Crippen molar-refractivity contribution < 1.29 is 46.1 Å². The highest BCUT2D eigenvalue weighted by atomic mass is 19.3. The van der Waals surface area contributed by atoms with Gasteiger partial charge in [0.05, 0.1) is 13.1 Å². The molecule has 4 aliphatic rings. The number of aliphatic hydroxyl groups excluding tert-OH is 1. The summed E-state index contributed by atoms with van der Waals surface area (Å²) in [6.45, 7) is -2.62. The zero-order chi connectivity index (χ0) is 30.8. The molecule has 1 unspecified atom stereocenters. The smallest absolute Gasteiger partial charge is 0.301 e. The SMILES string of the molecule is O=C(CO)N1CCC(Oc2ccc(C34CC(C(F)(F)[C@](O)(Cn5cnnn5)c5ccc(F)cc5F)(C3)C4)cc2)C(F)(F)C1. The molecule has 2 bridgehead atoms. The Bertz CT molecular complexity index is 1500. The summed E-state index contributed by atoms with van der Waals surface area (Å²) >= 11 is 0. The van der Waals surface area contributed by atoms with Crippen LogP contribution in [-0.2, 0) is 22.4 Å². The minimum Gasteiger partial charge on any atom is -0.484 e. The molecule has 9 nitrogen and oxygen atoms in total. The van der Waals surface area contributed by atoms with Gasteiger partial charge in [-0.25, -0.2) is 31.0 Å². The molecule has 1 amide bonds. The van der Waals surface area contributed by atoms with Crippen molar-refractivity contribution in [2.24, 2.45) is 5.41 Å². The second-order valence-electron chi connectivity index (χ2n) is 11.8. The van der Waals surface area contributed by atoms with E-state index in [2.05, 4.69) is 15.5 Å². The van der Waals surface area contributed by atoms with Gasteiger partial charge in [-0.15, -0.1) is 5.10 Å². The Hall–Kier alpha value is -3.72. The zero-order valence-corrected chi connectivity index (χ0v) is 22.6. The van der Waals surface area contributed by atoms with Gasteiger partial charge < -0.3 is 19.8 Å². The Labute approximate surface area is 241 Å². The van der Waals surface area contributed by atoms with Crippen LogP contribution in [0.25, 0.3) is 0 Å². The van der Waals surface area contributed by atoms with Crippen molar-refractivity contribution >= 4 is 5.91 Å². The summed E-state index contributed by atoms with van der Waals surface area (Å²) in [6, 6.07) is 8.20. The summed E-state index contributed by atoms with van der Waals surface area (Å²) in [7, 11) is 0. The summed E-state index contributed by atoms with van der Waals surface area (Å²) in [6.07, 6.45) is -0.758. The molecule has 7 rings (SSSR count). The zero-order valence-electron chi connectivity index (χ0n) is 22.6. The number of ether oxygens (including phenoxy) is 1. The molecule has 2 aromatic carbocycles. The van der Waals surface area contributed by atoms with Crippen LogP contribution in [0, 0.1) is 17.0 Å². The van der Waals surface area contributed by atoms with Crippen LogP contribution in [0.3, 0.4) is 0 Å². The Morgan fingerprint density at radius 3 is 2.37 bits per heavy atom. The number of hydrogen-bond donors (Lipinski definition) is 2. The lowest BCUT2D eigenvalue weighted by Gasteiger charge is -2.74. The van der Waals surface area contributed by atoms with Crippen LogP contribution >= 0.6 is 0 Å². The molecular weight excluding hydrogens is 584 g/mol. The van der Waals surface area contributed by atoms with E-state index in [1.54, 1.807) is 12.1 Å². The van der Waals surface area contributed by atoms with Crippen LogP contribution < -0.4 is 4.74 Å². The molecule has 4 fully saturated rings. The molecule has 0 spiro atoms. The minimum absolute atomic E-state index is 0.00126. The van der Waals surface area contributed by atoms with E-state index in [1.807, 2.05) is 0 Å². The van der Waals surface area contributed by atoms with Gasteiger partial charge in [-0.2, -0.15) is 0 Å². The van der Waals surface area contributed by atoms with E-state index in [9.17, 15) is 27.5 Å². The number of nitrogens with zero attached hydrogens (tertiary/aromatic N) is 5. The average molecular weight is 612 g/mol. The molecule has 2 heterocycles. The monoisotopic (exact) mass is 611 g/mol. The first kappa shape index (κ1) is 29.4. The summed E-state index contributed by atoms with van der Waals surface area (Å²) in [4.78, 5) is 12.5. The van der Waals surface area contributed by atoms with Gasteiger partial charge in [0.15, 0.2) is 11.7 Å². The highest BCUT2D eigenvalue weighted by Crippen LogP contribution is 2.80. The first-order chi connectivity index (χ1) is 20.2. The lowest BCUT2D eigenvalue weighted by molar-refractivity contribution is -0.347. The lowest BCUT2D eigenvalue weighted by atomic mass is 9.30. The quantitative estimate of drug-likeness (QED) is 0.358. The number of aromatic nitrogens is 4. The molecule has 3 saturated carbocycles. The van der Waals surface area contributed by atoms with Crippen LogP contribution in [0.4, 0.5) is 26.3 Å². The first-order valence-corrected chi connectivity index (χ1v) is 13.5. The molecule has 0 radical (unpaired) electrons. The molecule has 2 atom stereocenters. The topological polar surface area (TPSA) is 114 Å². The van der Waals surface area contributed by atoms with Crippen LogP contribution in [0.2, 0.25) is 0 Å². The fourth-order valence-corrected chi connectivity index (χ4v) is 6.96. The third-order valence-corrected chi connectivity index (χ3v) is 9.14. The standard InChI is InChI=1S/C28H27F6N5O4/c29-18-3-6-20(21(30)9-18)26(42,14-39-16-35-36-37-39)28(33,34)25-11-24(12-25,13-25)17-1-4-19(5-2-17)43-22-7-8-38(23(41)10-40)15-27(22,31)32/h1-6,9,16,22,40,42H,7-8,10-15H2/t22?,24?,25?,26-/m0/s1. The molecule has 43 heavy (non-hydrogen) atoms. The third kappa shape index (κ3) is 4.55. The third-order valence-electron chi connectivity index (χ3n) is 9.14. The fourth-order valence-electron chi connectivity index (χ4n) is 6.96. The molecule has 3 aliphatic carbocycles. The van der Waals surface area contributed by atoms with Crippen LogP contribution in [0.15, 0.2) is 48.8 Å². The molecule has 230 valence electrons. The Morgan fingerprint density at radius 2 is 1.79 bits per heavy atom. The summed E-state index contributed by atoms with van der Waals surface area (Å²) < 4.78 is 96.8. The van der Waals surface area contributed by atoms with Gasteiger partial charge in [0, 0.05) is 30.0 Å². The largest absolute Gasteiger partial charge is 0.484 e. The van der Waals surface area contributed by atoms with Gasteiger partial charge >= 0.3 is 5.92 Å². The van der Waals surface area contributed by atoms with Crippen molar-refractivity contribution in [1.82, 2.24) is 25.1 Å². The average Bonchev–Trinajstić information content (AvgIpc) is 3.41. The second kappa shape index (κ2) is 9.91. The molecule has 1 aromatic heterocycles. The highest BCUT2D eigenvalue weighted by Gasteiger charge is 2.82. The predicted molar refractivity (Wildman–Crippen MR) is 135 cm³/mol. The number of halogens is 6. The number of amides is 1. The highest BCUT2D eigenvalue weighted by molar-refractivity contribution is 5.77. The number of aliphatic hydroxyl groups is 2. The minimum atomic E-state index is -3.88. The van der Waals surface area contributed by atoms with Crippen molar-refractivity contribution in [3.8, 4) is 5.75 Å². The number of hydrogen-bond acceptors (Lipinski definition) is 7. The van der Waals surface area contributed by atoms with Crippen molar-refractivity contribution in [2.45, 2.75) is 61.2 Å². The molecule has 1 aliphatic heterocycles. The van der Waals surface area contributed by atoms with Gasteiger partial charge in [0.25, 0.3) is 5.92 Å². The van der Waals surface area contributed by atoms with E-state index in [1.165, 1.54) is 12.1 Å². The molecule has 2 N–H and O–H groups in total. The number of carbonyl (C=O) groups excluding carboxylic acids is 1. The maximum absolute atomic E-state index is 16.4. The predicted octanol–water partition coefficient (Wildman–Crippen LogP) is 3.20. The van der Waals surface area contributed by atoms with E-state index < -0.39 is 77.2 Å². The lowest BCUT2D eigenvalue weighted by Crippen LogP contribution is -2.76. The van der Waals surface area contributed by atoms with Gasteiger partial charge in [-0.1, -0.05) is 12.1 Å². The van der Waals surface area contributed by atoms with E-state index in [4.69, 9.17) is 9.84 Å². The van der Waals surface area contributed by atoms with Crippen molar-refractivity contribution in [2.75, 3.05) is 19.7 Å². The second-order valence-corrected chi connectivity index (χ2v) is 11.8. The number of carbonyl (C=O) groups is 1. The van der Waals surface area contributed by atoms with Gasteiger partial charge in [0.2, 0.25) is 5.91 Å². The molecular formula is C28H27F6N5O4. The van der Waals surface area contributed by atoms with Crippen LogP contribution in [0.1, 0.15) is 36.8 Å². The van der Waals surface area contributed by atoms with Crippen LogP contribution in [-0.4, -0.2) is 78.9 Å². The maximum Gasteiger partial charge on any atom is 0.301 e. The summed E-state index contributed by atoms with van der Waals surface area (Å²) in [5.74, 6) is -10.2. The van der Waals surface area contributed by atoms with Gasteiger partial charge in [-0.3, -0.25) is 4.79 Å². The number of piperidine rings is 1. The van der Waals surface area contributed by atoms with E-state index in [0.29, 0.717) is 11.6 Å². The Kier molecular flexibility index (Phi) is 6.76. The van der Waals surface area contributed by atoms with Crippen molar-refractivity contribution in [3.05, 3.63) is 71.6 Å². The number of rotatable bonds is 9. The summed E-state index contributed by atoms with van der Waals surface area (Å²) in [5, 5.41) is 30.7. The van der Waals surface area contributed by atoms with Crippen LogP contribution in [0.5, 0.6) is 5.75 Å². The first-order valence-electron chi connectivity index (χ1n) is 13.5. The van der Waals surface area contributed by atoms with Crippen molar-refractivity contribution in [3.63, 3.8) is 0 Å². The van der Waals surface area contributed by atoms with Gasteiger partial charge in [-0.05, 0) is 64.9 Å². The van der Waals surface area contributed by atoms with E-state index in [0.717, 1.165) is 28.0 Å². The number of tetrazole rings is 1. The molecule has 3 aromatic rings. The normalized spacial score (nSPS) is 27.5. The summed E-state index contributed by atoms with van der Waals surface area (Å²) in [5.41, 5.74) is -5.54. The van der Waals surface area contributed by atoms with Gasteiger partial charge in [0.1, 0.15) is 30.3 Å². The molecule has 15 heteroatoms. The Balaban J connectivity index is 1.17. The maximum atomic E-state index is 16.4. The fraction of sp³-hybridized carbons (Fsp3) is 0.500. The number of alkyl halides is 4. The number of benzene rings is 2.